The highest BCUT2D eigenvalue weighted by atomic mass is 32.2. The van der Waals surface area contributed by atoms with Gasteiger partial charge in [-0.25, -0.2) is 0 Å². The Labute approximate surface area is 121 Å². The molecule has 0 aromatic rings. The van der Waals surface area contributed by atoms with Crippen LogP contribution in [0.15, 0.2) is 0 Å². The zero-order valence-electron chi connectivity index (χ0n) is 12.3. The lowest BCUT2D eigenvalue weighted by molar-refractivity contribution is -0.124. The largest absolute Gasteiger partial charge is 0.354 e. The third kappa shape index (κ3) is 4.38. The highest BCUT2D eigenvalue weighted by molar-refractivity contribution is 7.98. The van der Waals surface area contributed by atoms with Gasteiger partial charge >= 0.3 is 0 Å². The van der Waals surface area contributed by atoms with E-state index < -0.39 is 0 Å². The number of nitrogens with one attached hydrogen (secondary N) is 2. The normalized spacial score (nSPS) is 32.4. The van der Waals surface area contributed by atoms with Crippen molar-refractivity contribution < 1.29 is 4.79 Å². The van der Waals surface area contributed by atoms with Crippen LogP contribution < -0.4 is 10.6 Å². The molecule has 19 heavy (non-hydrogen) atoms. The van der Waals surface area contributed by atoms with E-state index in [0.717, 1.165) is 24.6 Å². The number of carbonyl (C=O) groups is 1. The molecule has 4 atom stereocenters. The van der Waals surface area contributed by atoms with Crippen molar-refractivity contribution in [1.82, 2.24) is 10.6 Å². The predicted octanol–water partition coefficient (Wildman–Crippen LogP) is 2.41. The molecule has 1 heterocycles. The number of rotatable bonds is 5. The molecule has 0 radical (unpaired) electrons. The number of thioether (sulfide) groups is 1. The first kappa shape index (κ1) is 15.2. The smallest absolute Gasteiger partial charge is 0.237 e. The molecule has 2 aliphatic rings. The van der Waals surface area contributed by atoms with Gasteiger partial charge in [0.25, 0.3) is 0 Å². The van der Waals surface area contributed by atoms with Crippen LogP contribution >= 0.6 is 11.8 Å². The van der Waals surface area contributed by atoms with Crippen molar-refractivity contribution in [2.24, 2.45) is 11.8 Å². The van der Waals surface area contributed by atoms with Gasteiger partial charge in [0.1, 0.15) is 0 Å². The van der Waals surface area contributed by atoms with Crippen LogP contribution in [0.1, 0.15) is 45.4 Å². The Morgan fingerprint density at radius 2 is 2.11 bits per heavy atom. The molecular formula is C15H28N2OS. The van der Waals surface area contributed by atoms with E-state index in [1.807, 2.05) is 11.8 Å². The fraction of sp³-hybridized carbons (Fsp3) is 0.933. The van der Waals surface area contributed by atoms with Crippen molar-refractivity contribution in [3.05, 3.63) is 0 Å². The molecule has 0 aromatic heterocycles. The van der Waals surface area contributed by atoms with Gasteiger partial charge in [-0.3, -0.25) is 4.79 Å². The SMILES string of the molecule is CSCC(C)CNC(=O)C1CCC2CCCCC2N1. The molecule has 1 saturated carbocycles. The van der Waals surface area contributed by atoms with Gasteiger partial charge in [0, 0.05) is 12.6 Å². The van der Waals surface area contributed by atoms with Crippen LogP contribution in [0.3, 0.4) is 0 Å². The van der Waals surface area contributed by atoms with E-state index in [1.165, 1.54) is 32.1 Å². The van der Waals surface area contributed by atoms with E-state index in [0.29, 0.717) is 12.0 Å². The van der Waals surface area contributed by atoms with Crippen LogP contribution in [0.4, 0.5) is 0 Å². The molecule has 0 spiro atoms. The van der Waals surface area contributed by atoms with Gasteiger partial charge < -0.3 is 10.6 Å². The van der Waals surface area contributed by atoms with E-state index in [9.17, 15) is 4.79 Å². The summed E-state index contributed by atoms with van der Waals surface area (Å²) in [6, 6.07) is 0.655. The molecule has 1 aliphatic carbocycles. The molecule has 1 amide bonds. The van der Waals surface area contributed by atoms with Gasteiger partial charge in [0.05, 0.1) is 6.04 Å². The average Bonchev–Trinajstić information content (AvgIpc) is 2.44. The van der Waals surface area contributed by atoms with Gasteiger partial charge in [-0.05, 0) is 49.5 Å². The summed E-state index contributed by atoms with van der Waals surface area (Å²) in [5.41, 5.74) is 0. The Balaban J connectivity index is 1.74. The maximum absolute atomic E-state index is 12.2. The Bertz CT molecular complexity index is 298. The quantitative estimate of drug-likeness (QED) is 0.814. The van der Waals surface area contributed by atoms with Gasteiger partial charge in [0.15, 0.2) is 0 Å². The van der Waals surface area contributed by atoms with Crippen molar-refractivity contribution >= 4 is 17.7 Å². The first-order valence-electron chi connectivity index (χ1n) is 7.73. The van der Waals surface area contributed by atoms with E-state index >= 15 is 0 Å². The predicted molar refractivity (Wildman–Crippen MR) is 82.5 cm³/mol. The average molecular weight is 284 g/mol. The number of fused-ring (bicyclic) bond motifs is 1. The summed E-state index contributed by atoms with van der Waals surface area (Å²) in [7, 11) is 0. The number of piperidine rings is 1. The van der Waals surface area contributed by atoms with E-state index in [-0.39, 0.29) is 11.9 Å². The summed E-state index contributed by atoms with van der Waals surface area (Å²) in [5.74, 6) is 2.72. The van der Waals surface area contributed by atoms with Gasteiger partial charge in [-0.1, -0.05) is 19.8 Å². The summed E-state index contributed by atoms with van der Waals surface area (Å²) >= 11 is 1.84. The van der Waals surface area contributed by atoms with Crippen LogP contribution in [0.2, 0.25) is 0 Å². The number of hydrogen-bond donors (Lipinski definition) is 2. The van der Waals surface area contributed by atoms with Crippen LogP contribution in [-0.4, -0.2) is 36.5 Å². The number of amides is 1. The molecule has 3 nitrogen and oxygen atoms in total. The summed E-state index contributed by atoms with van der Waals surface area (Å²) < 4.78 is 0. The molecule has 1 saturated heterocycles. The number of hydrogen-bond acceptors (Lipinski definition) is 3. The second kappa shape index (κ2) is 7.53. The van der Waals surface area contributed by atoms with Gasteiger partial charge in [0.2, 0.25) is 5.91 Å². The third-order valence-electron chi connectivity index (χ3n) is 4.54. The minimum atomic E-state index is 0.0563. The molecule has 2 N–H and O–H groups in total. The van der Waals surface area contributed by atoms with Crippen LogP contribution in [-0.2, 0) is 4.79 Å². The molecule has 0 aromatic carbocycles. The maximum atomic E-state index is 12.2. The first-order valence-corrected chi connectivity index (χ1v) is 9.12. The molecular weight excluding hydrogens is 256 g/mol. The summed E-state index contributed by atoms with van der Waals surface area (Å²) in [5, 5.41) is 6.71. The minimum Gasteiger partial charge on any atom is -0.354 e. The fourth-order valence-corrected chi connectivity index (χ4v) is 4.13. The van der Waals surface area contributed by atoms with Crippen molar-refractivity contribution in [2.45, 2.75) is 57.5 Å². The van der Waals surface area contributed by atoms with Crippen molar-refractivity contribution in [3.63, 3.8) is 0 Å². The van der Waals surface area contributed by atoms with Crippen LogP contribution in [0, 0.1) is 11.8 Å². The van der Waals surface area contributed by atoms with Crippen molar-refractivity contribution in [1.29, 1.82) is 0 Å². The number of carbonyl (C=O) groups excluding carboxylic acids is 1. The second-order valence-corrected chi connectivity index (χ2v) is 7.16. The zero-order chi connectivity index (χ0) is 13.7. The monoisotopic (exact) mass is 284 g/mol. The molecule has 4 unspecified atom stereocenters. The van der Waals surface area contributed by atoms with Gasteiger partial charge in [-0.2, -0.15) is 11.8 Å². The molecule has 110 valence electrons. The van der Waals surface area contributed by atoms with E-state index in [1.54, 1.807) is 0 Å². The third-order valence-corrected chi connectivity index (χ3v) is 5.45. The maximum Gasteiger partial charge on any atom is 0.237 e. The molecule has 1 aliphatic heterocycles. The molecule has 2 rings (SSSR count). The lowest BCUT2D eigenvalue weighted by Crippen LogP contribution is -2.55. The lowest BCUT2D eigenvalue weighted by Gasteiger charge is -2.40. The highest BCUT2D eigenvalue weighted by Crippen LogP contribution is 2.32. The second-order valence-electron chi connectivity index (χ2n) is 6.25. The topological polar surface area (TPSA) is 41.1 Å². The van der Waals surface area contributed by atoms with Crippen molar-refractivity contribution in [3.8, 4) is 0 Å². The highest BCUT2D eigenvalue weighted by Gasteiger charge is 2.34. The Hall–Kier alpha value is -0.220. The molecule has 2 fully saturated rings. The summed E-state index contributed by atoms with van der Waals surface area (Å²) in [6.07, 6.45) is 9.69. The minimum absolute atomic E-state index is 0.0563. The summed E-state index contributed by atoms with van der Waals surface area (Å²) in [4.78, 5) is 12.2. The Kier molecular flexibility index (Phi) is 6.02. The zero-order valence-corrected chi connectivity index (χ0v) is 13.1. The Morgan fingerprint density at radius 3 is 2.89 bits per heavy atom. The molecule has 4 heteroatoms. The van der Waals surface area contributed by atoms with Crippen LogP contribution in [0.5, 0.6) is 0 Å². The van der Waals surface area contributed by atoms with Gasteiger partial charge in [-0.15, -0.1) is 0 Å². The van der Waals surface area contributed by atoms with Crippen LogP contribution in [0.25, 0.3) is 0 Å². The van der Waals surface area contributed by atoms with E-state index in [4.69, 9.17) is 0 Å². The summed E-state index contributed by atoms with van der Waals surface area (Å²) in [6.45, 7) is 3.01. The van der Waals surface area contributed by atoms with E-state index in [2.05, 4.69) is 23.8 Å². The Morgan fingerprint density at radius 1 is 1.32 bits per heavy atom. The van der Waals surface area contributed by atoms with Crippen molar-refractivity contribution in [2.75, 3.05) is 18.6 Å². The standard InChI is InChI=1S/C15H28N2OS/c1-11(10-19-2)9-16-15(18)14-8-7-12-5-3-4-6-13(12)17-14/h11-14,17H,3-10H2,1-2H3,(H,16,18). The first-order chi connectivity index (χ1) is 9.20. The fourth-order valence-electron chi connectivity index (χ4n) is 3.44. The molecule has 0 bridgehead atoms. The lowest BCUT2D eigenvalue weighted by atomic mass is 9.77.